The number of unbranched alkanes of at least 4 members (excludes halogenated alkanes) is 1. The van der Waals surface area contributed by atoms with Gasteiger partial charge in [-0.1, -0.05) is 49.2 Å². The van der Waals surface area contributed by atoms with Crippen LogP contribution in [0.25, 0.3) is 16.9 Å². The molecule has 0 atom stereocenters. The van der Waals surface area contributed by atoms with Crippen LogP contribution in [0.2, 0.25) is 0 Å². The Morgan fingerprint density at radius 3 is 2.50 bits per heavy atom. The Morgan fingerprint density at radius 2 is 1.75 bits per heavy atom. The standard InChI is InChI=1S/C23H29N3O2/c1-4-5-14-28-15-6-13-24-23(27)22-21(19-10-7-17(2)8-11-19)25-20-12-9-18(3)16-26(20)22/h7-12,16H,4-6,13-15H2,1-3H3,(H,24,27). The van der Waals surface area contributed by atoms with Crippen LogP contribution in [0.3, 0.4) is 0 Å². The number of carbonyl (C=O) groups excluding carboxylic acids is 1. The Labute approximate surface area is 166 Å². The highest BCUT2D eigenvalue weighted by atomic mass is 16.5. The van der Waals surface area contributed by atoms with Crippen LogP contribution in [-0.4, -0.2) is 35.1 Å². The van der Waals surface area contributed by atoms with Crippen molar-refractivity contribution in [1.82, 2.24) is 14.7 Å². The molecule has 0 aliphatic carbocycles. The number of imidazole rings is 1. The highest BCUT2D eigenvalue weighted by Crippen LogP contribution is 2.25. The first-order valence-electron chi connectivity index (χ1n) is 10.0. The number of aromatic nitrogens is 2. The number of pyridine rings is 1. The Bertz CT molecular complexity index is 929. The molecule has 0 spiro atoms. The number of nitrogens with zero attached hydrogens (tertiary/aromatic N) is 2. The van der Waals surface area contributed by atoms with E-state index in [2.05, 4.69) is 12.2 Å². The summed E-state index contributed by atoms with van der Waals surface area (Å²) in [5.41, 5.74) is 5.27. The van der Waals surface area contributed by atoms with Crippen LogP contribution in [0.4, 0.5) is 0 Å². The predicted molar refractivity (Wildman–Crippen MR) is 113 cm³/mol. The van der Waals surface area contributed by atoms with Crippen molar-refractivity contribution < 1.29 is 9.53 Å². The Morgan fingerprint density at radius 1 is 1.04 bits per heavy atom. The van der Waals surface area contributed by atoms with E-state index in [0.29, 0.717) is 24.5 Å². The lowest BCUT2D eigenvalue weighted by atomic mass is 10.1. The summed E-state index contributed by atoms with van der Waals surface area (Å²) in [5.74, 6) is -0.109. The predicted octanol–water partition coefficient (Wildman–Crippen LogP) is 4.55. The second-order valence-electron chi connectivity index (χ2n) is 7.19. The van der Waals surface area contributed by atoms with Gasteiger partial charge in [-0.3, -0.25) is 9.20 Å². The largest absolute Gasteiger partial charge is 0.381 e. The molecule has 0 unspecified atom stereocenters. The van der Waals surface area contributed by atoms with Gasteiger partial charge in [0.05, 0.1) is 0 Å². The van der Waals surface area contributed by atoms with Gasteiger partial charge in [0, 0.05) is 31.5 Å². The van der Waals surface area contributed by atoms with Crippen molar-refractivity contribution in [3.63, 3.8) is 0 Å². The fourth-order valence-corrected chi connectivity index (χ4v) is 3.09. The lowest BCUT2D eigenvalue weighted by molar-refractivity contribution is 0.0935. The van der Waals surface area contributed by atoms with Gasteiger partial charge in [0.2, 0.25) is 0 Å². The molecule has 5 heteroatoms. The van der Waals surface area contributed by atoms with E-state index < -0.39 is 0 Å². The lowest BCUT2D eigenvalue weighted by Crippen LogP contribution is -2.27. The molecule has 0 radical (unpaired) electrons. The van der Waals surface area contributed by atoms with E-state index in [1.54, 1.807) is 0 Å². The number of amides is 1. The molecule has 28 heavy (non-hydrogen) atoms. The third kappa shape index (κ3) is 4.78. The number of ether oxygens (including phenoxy) is 1. The van der Waals surface area contributed by atoms with Crippen LogP contribution < -0.4 is 5.32 Å². The van der Waals surface area contributed by atoms with Crippen molar-refractivity contribution in [1.29, 1.82) is 0 Å². The van der Waals surface area contributed by atoms with Gasteiger partial charge < -0.3 is 10.1 Å². The monoisotopic (exact) mass is 379 g/mol. The van der Waals surface area contributed by atoms with Gasteiger partial charge in [-0.05, 0) is 38.3 Å². The normalized spacial score (nSPS) is 11.1. The smallest absolute Gasteiger partial charge is 0.270 e. The molecule has 5 nitrogen and oxygen atoms in total. The molecular formula is C23H29N3O2. The molecule has 0 saturated carbocycles. The van der Waals surface area contributed by atoms with Gasteiger partial charge in [0.25, 0.3) is 5.91 Å². The molecule has 0 bridgehead atoms. The molecule has 2 aromatic heterocycles. The summed E-state index contributed by atoms with van der Waals surface area (Å²) < 4.78 is 7.45. The summed E-state index contributed by atoms with van der Waals surface area (Å²) in [6.07, 6.45) is 4.97. The van der Waals surface area contributed by atoms with Crippen LogP contribution in [0.15, 0.2) is 42.6 Å². The molecule has 3 aromatic rings. The van der Waals surface area contributed by atoms with Crippen LogP contribution >= 0.6 is 0 Å². The van der Waals surface area contributed by atoms with Gasteiger partial charge >= 0.3 is 0 Å². The van der Waals surface area contributed by atoms with E-state index in [0.717, 1.165) is 42.6 Å². The summed E-state index contributed by atoms with van der Waals surface area (Å²) in [6.45, 7) is 8.24. The molecule has 0 saturated heterocycles. The average molecular weight is 380 g/mol. The van der Waals surface area contributed by atoms with Crippen LogP contribution in [0.1, 0.15) is 47.8 Å². The Kier molecular flexibility index (Phi) is 6.82. The number of rotatable bonds is 9. The molecule has 1 amide bonds. The Hall–Kier alpha value is -2.66. The zero-order chi connectivity index (χ0) is 19.9. The summed E-state index contributed by atoms with van der Waals surface area (Å²) in [6, 6.07) is 12.1. The van der Waals surface area contributed by atoms with Gasteiger partial charge in [-0.15, -0.1) is 0 Å². The molecule has 0 fully saturated rings. The summed E-state index contributed by atoms with van der Waals surface area (Å²) in [4.78, 5) is 17.7. The van der Waals surface area contributed by atoms with E-state index in [4.69, 9.17) is 9.72 Å². The minimum Gasteiger partial charge on any atom is -0.381 e. The van der Waals surface area contributed by atoms with Gasteiger partial charge in [0.15, 0.2) is 0 Å². The first-order valence-corrected chi connectivity index (χ1v) is 10.0. The highest BCUT2D eigenvalue weighted by molar-refractivity contribution is 5.99. The zero-order valence-electron chi connectivity index (χ0n) is 17.0. The SMILES string of the molecule is CCCCOCCCNC(=O)c1c(-c2ccc(C)cc2)nc2ccc(C)cn12. The molecule has 148 valence electrons. The van der Waals surface area contributed by atoms with E-state index in [1.807, 2.05) is 60.8 Å². The summed E-state index contributed by atoms with van der Waals surface area (Å²) in [7, 11) is 0. The first kappa shape index (κ1) is 20.1. The number of nitrogens with one attached hydrogen (secondary N) is 1. The van der Waals surface area contributed by atoms with E-state index in [-0.39, 0.29) is 5.91 Å². The number of hydrogen-bond donors (Lipinski definition) is 1. The highest BCUT2D eigenvalue weighted by Gasteiger charge is 2.20. The zero-order valence-corrected chi connectivity index (χ0v) is 17.0. The Balaban J connectivity index is 1.80. The van der Waals surface area contributed by atoms with Crippen molar-refractivity contribution in [2.75, 3.05) is 19.8 Å². The van der Waals surface area contributed by atoms with Crippen molar-refractivity contribution in [3.8, 4) is 11.3 Å². The number of carbonyl (C=O) groups is 1. The molecule has 3 rings (SSSR count). The quantitative estimate of drug-likeness (QED) is 0.555. The number of fused-ring (bicyclic) bond motifs is 1. The van der Waals surface area contributed by atoms with Crippen molar-refractivity contribution in [2.45, 2.75) is 40.0 Å². The van der Waals surface area contributed by atoms with Gasteiger partial charge in [0.1, 0.15) is 17.0 Å². The van der Waals surface area contributed by atoms with Crippen molar-refractivity contribution in [3.05, 3.63) is 59.4 Å². The molecule has 1 aromatic carbocycles. The number of hydrogen-bond acceptors (Lipinski definition) is 3. The minimum atomic E-state index is -0.109. The maximum atomic E-state index is 13.0. The lowest BCUT2D eigenvalue weighted by Gasteiger charge is -2.08. The third-order valence-corrected chi connectivity index (χ3v) is 4.70. The van der Waals surface area contributed by atoms with E-state index in [1.165, 1.54) is 5.56 Å². The summed E-state index contributed by atoms with van der Waals surface area (Å²) >= 11 is 0. The molecular weight excluding hydrogens is 350 g/mol. The van der Waals surface area contributed by atoms with Crippen LogP contribution in [0, 0.1) is 13.8 Å². The van der Waals surface area contributed by atoms with Gasteiger partial charge in [-0.2, -0.15) is 0 Å². The minimum absolute atomic E-state index is 0.109. The number of benzene rings is 1. The van der Waals surface area contributed by atoms with Crippen molar-refractivity contribution >= 4 is 11.6 Å². The third-order valence-electron chi connectivity index (χ3n) is 4.70. The molecule has 2 heterocycles. The molecule has 1 N–H and O–H groups in total. The van der Waals surface area contributed by atoms with Crippen LogP contribution in [-0.2, 0) is 4.74 Å². The fraction of sp³-hybridized carbons (Fsp3) is 0.391. The number of aryl methyl sites for hydroxylation is 2. The average Bonchev–Trinajstić information content (AvgIpc) is 3.06. The second kappa shape index (κ2) is 9.51. The molecule has 0 aliphatic rings. The van der Waals surface area contributed by atoms with E-state index in [9.17, 15) is 4.79 Å². The maximum absolute atomic E-state index is 13.0. The topological polar surface area (TPSA) is 55.6 Å². The van der Waals surface area contributed by atoms with Gasteiger partial charge in [-0.25, -0.2) is 4.98 Å². The maximum Gasteiger partial charge on any atom is 0.270 e. The van der Waals surface area contributed by atoms with Crippen LogP contribution in [0.5, 0.6) is 0 Å². The van der Waals surface area contributed by atoms with E-state index >= 15 is 0 Å². The molecule has 0 aliphatic heterocycles. The summed E-state index contributed by atoms with van der Waals surface area (Å²) in [5, 5.41) is 3.03. The fourth-order valence-electron chi connectivity index (χ4n) is 3.09. The first-order chi connectivity index (χ1) is 13.6. The van der Waals surface area contributed by atoms with Crippen molar-refractivity contribution in [2.24, 2.45) is 0 Å². The second-order valence-corrected chi connectivity index (χ2v) is 7.19.